The third-order valence-corrected chi connectivity index (χ3v) is 4.26. The lowest BCUT2D eigenvalue weighted by Gasteiger charge is -2.10. The summed E-state index contributed by atoms with van der Waals surface area (Å²) in [6, 6.07) is 14.2. The van der Waals surface area contributed by atoms with Crippen molar-refractivity contribution in [3.63, 3.8) is 0 Å². The summed E-state index contributed by atoms with van der Waals surface area (Å²) in [5.41, 5.74) is 3.55. The van der Waals surface area contributed by atoms with E-state index < -0.39 is 0 Å². The van der Waals surface area contributed by atoms with Gasteiger partial charge in [-0.05, 0) is 36.6 Å². The predicted molar refractivity (Wildman–Crippen MR) is 110 cm³/mol. The number of aryl methyl sites for hydroxylation is 1. The van der Waals surface area contributed by atoms with Gasteiger partial charge < -0.3 is 20.1 Å². The average molecular weight is 379 g/mol. The van der Waals surface area contributed by atoms with Crippen molar-refractivity contribution in [2.75, 3.05) is 31.4 Å². The van der Waals surface area contributed by atoms with Crippen LogP contribution in [-0.4, -0.2) is 35.9 Å². The fourth-order valence-electron chi connectivity index (χ4n) is 2.84. The Bertz CT molecular complexity index is 917. The Morgan fingerprint density at radius 3 is 2.57 bits per heavy atom. The summed E-state index contributed by atoms with van der Waals surface area (Å²) in [7, 11) is 3.27. The van der Waals surface area contributed by atoms with Crippen LogP contribution in [0.25, 0.3) is 0 Å². The molecule has 3 aromatic rings. The van der Waals surface area contributed by atoms with Crippen LogP contribution >= 0.6 is 0 Å². The third kappa shape index (κ3) is 5.33. The molecule has 7 heteroatoms. The van der Waals surface area contributed by atoms with Gasteiger partial charge in [0.15, 0.2) is 17.3 Å². The van der Waals surface area contributed by atoms with E-state index in [9.17, 15) is 0 Å². The largest absolute Gasteiger partial charge is 0.493 e. The van der Waals surface area contributed by atoms with Crippen LogP contribution < -0.4 is 20.1 Å². The minimum Gasteiger partial charge on any atom is -0.493 e. The van der Waals surface area contributed by atoms with Crippen molar-refractivity contribution in [3.8, 4) is 11.5 Å². The molecule has 2 N–H and O–H groups in total. The zero-order valence-corrected chi connectivity index (χ0v) is 16.4. The number of benzene rings is 2. The third-order valence-electron chi connectivity index (χ3n) is 4.26. The van der Waals surface area contributed by atoms with Gasteiger partial charge in [0.25, 0.3) is 0 Å². The molecule has 0 saturated carbocycles. The van der Waals surface area contributed by atoms with Gasteiger partial charge in [-0.1, -0.05) is 35.9 Å². The van der Waals surface area contributed by atoms with E-state index in [1.54, 1.807) is 20.4 Å². The van der Waals surface area contributed by atoms with Crippen LogP contribution in [0.5, 0.6) is 11.5 Å². The van der Waals surface area contributed by atoms with Gasteiger partial charge in [0.2, 0.25) is 5.95 Å². The van der Waals surface area contributed by atoms with Crippen LogP contribution in [0.3, 0.4) is 0 Å². The smallest absolute Gasteiger partial charge is 0.244 e. The summed E-state index contributed by atoms with van der Waals surface area (Å²) >= 11 is 0. The summed E-state index contributed by atoms with van der Waals surface area (Å²) < 4.78 is 10.6. The van der Waals surface area contributed by atoms with E-state index in [1.165, 1.54) is 11.1 Å². The van der Waals surface area contributed by atoms with E-state index in [1.807, 2.05) is 24.3 Å². The molecule has 0 amide bonds. The predicted octanol–water partition coefficient (Wildman–Crippen LogP) is 3.46. The van der Waals surface area contributed by atoms with Crippen molar-refractivity contribution < 1.29 is 9.47 Å². The fraction of sp³-hybridized carbons (Fsp3) is 0.286. The van der Waals surface area contributed by atoms with Gasteiger partial charge in [0.1, 0.15) is 0 Å². The summed E-state index contributed by atoms with van der Waals surface area (Å²) in [5, 5.41) is 14.5. The lowest BCUT2D eigenvalue weighted by molar-refractivity contribution is 0.354. The van der Waals surface area contributed by atoms with Gasteiger partial charge in [-0.15, -0.1) is 5.10 Å². The number of hydrogen-bond donors (Lipinski definition) is 2. The van der Waals surface area contributed by atoms with Crippen LogP contribution in [0.4, 0.5) is 11.8 Å². The second-order valence-electron chi connectivity index (χ2n) is 6.37. The Labute approximate surface area is 165 Å². The Hall–Kier alpha value is -3.35. The molecular weight excluding hydrogens is 354 g/mol. The molecule has 0 spiro atoms. The molecular formula is C21H25N5O2. The molecule has 1 heterocycles. The lowest BCUT2D eigenvalue weighted by atomic mass is 10.1. The van der Waals surface area contributed by atoms with Crippen molar-refractivity contribution in [2.45, 2.75) is 19.9 Å². The molecule has 28 heavy (non-hydrogen) atoms. The maximum Gasteiger partial charge on any atom is 0.244 e. The number of rotatable bonds is 9. The van der Waals surface area contributed by atoms with E-state index in [0.717, 1.165) is 23.5 Å². The molecule has 7 nitrogen and oxygen atoms in total. The van der Waals surface area contributed by atoms with Crippen molar-refractivity contribution >= 4 is 11.8 Å². The van der Waals surface area contributed by atoms with Crippen molar-refractivity contribution in [2.24, 2.45) is 0 Å². The summed E-state index contributed by atoms with van der Waals surface area (Å²) in [5.74, 6) is 2.63. The van der Waals surface area contributed by atoms with Gasteiger partial charge in [0, 0.05) is 13.1 Å². The molecule has 1 aromatic heterocycles. The van der Waals surface area contributed by atoms with Crippen LogP contribution in [0, 0.1) is 6.92 Å². The number of aromatic nitrogens is 3. The average Bonchev–Trinajstić information content (AvgIpc) is 2.72. The SMILES string of the molecule is COc1ccc(CCNc2cnnc(NCc3cccc(C)c3)n2)cc1OC. The zero-order valence-electron chi connectivity index (χ0n) is 16.4. The number of methoxy groups -OCH3 is 2. The highest BCUT2D eigenvalue weighted by atomic mass is 16.5. The number of nitrogens with zero attached hydrogens (tertiary/aromatic N) is 3. The highest BCUT2D eigenvalue weighted by molar-refractivity contribution is 5.43. The first-order chi connectivity index (χ1) is 13.7. The Morgan fingerprint density at radius 2 is 1.79 bits per heavy atom. The van der Waals surface area contributed by atoms with Gasteiger partial charge in [-0.25, -0.2) is 0 Å². The van der Waals surface area contributed by atoms with Gasteiger partial charge in [-0.3, -0.25) is 0 Å². The monoisotopic (exact) mass is 379 g/mol. The molecule has 0 aliphatic rings. The maximum absolute atomic E-state index is 5.34. The highest BCUT2D eigenvalue weighted by Gasteiger charge is 2.05. The van der Waals surface area contributed by atoms with E-state index in [4.69, 9.17) is 9.47 Å². The molecule has 0 atom stereocenters. The van der Waals surface area contributed by atoms with E-state index in [0.29, 0.717) is 24.9 Å². The topological polar surface area (TPSA) is 81.2 Å². The fourth-order valence-corrected chi connectivity index (χ4v) is 2.84. The van der Waals surface area contributed by atoms with Crippen LogP contribution in [0.1, 0.15) is 16.7 Å². The first-order valence-corrected chi connectivity index (χ1v) is 9.12. The van der Waals surface area contributed by atoms with Crippen molar-refractivity contribution in [3.05, 3.63) is 65.4 Å². The minimum absolute atomic E-state index is 0.498. The quantitative estimate of drug-likeness (QED) is 0.589. The molecule has 146 valence electrons. The van der Waals surface area contributed by atoms with Crippen molar-refractivity contribution in [1.29, 1.82) is 0 Å². The normalized spacial score (nSPS) is 10.4. The summed E-state index contributed by atoms with van der Waals surface area (Å²) in [6.45, 7) is 3.44. The van der Waals surface area contributed by atoms with E-state index in [2.05, 4.69) is 50.9 Å². The molecule has 0 aliphatic carbocycles. The van der Waals surface area contributed by atoms with Gasteiger partial charge in [0.05, 0.1) is 20.4 Å². The highest BCUT2D eigenvalue weighted by Crippen LogP contribution is 2.27. The molecule has 0 fully saturated rings. The van der Waals surface area contributed by atoms with Crippen LogP contribution in [0.2, 0.25) is 0 Å². The number of nitrogens with one attached hydrogen (secondary N) is 2. The molecule has 0 saturated heterocycles. The summed E-state index contributed by atoms with van der Waals surface area (Å²) in [6.07, 6.45) is 2.43. The van der Waals surface area contributed by atoms with Crippen LogP contribution in [0.15, 0.2) is 48.7 Å². The molecule has 2 aromatic carbocycles. The number of hydrogen-bond acceptors (Lipinski definition) is 7. The lowest BCUT2D eigenvalue weighted by Crippen LogP contribution is -2.10. The molecule has 0 radical (unpaired) electrons. The van der Waals surface area contributed by atoms with Gasteiger partial charge >= 0.3 is 0 Å². The second kappa shape index (κ2) is 9.55. The molecule has 0 aliphatic heterocycles. The Kier molecular flexibility index (Phi) is 6.62. The summed E-state index contributed by atoms with van der Waals surface area (Å²) in [4.78, 5) is 4.46. The zero-order chi connectivity index (χ0) is 19.8. The number of ether oxygens (including phenoxy) is 2. The Morgan fingerprint density at radius 1 is 0.929 bits per heavy atom. The second-order valence-corrected chi connectivity index (χ2v) is 6.37. The van der Waals surface area contributed by atoms with Crippen LogP contribution in [-0.2, 0) is 13.0 Å². The first kappa shape index (κ1) is 19.4. The van der Waals surface area contributed by atoms with E-state index in [-0.39, 0.29) is 0 Å². The molecule has 0 bridgehead atoms. The molecule has 0 unspecified atom stereocenters. The Balaban J connectivity index is 1.53. The standard InChI is InChI=1S/C21H25N5O2/c1-15-5-4-6-17(11-15)13-23-21-25-20(14-24-26-21)22-10-9-16-7-8-18(27-2)19(12-16)28-3/h4-8,11-12,14H,9-10,13H2,1-3H3,(H2,22,23,25,26). The molecule has 3 rings (SSSR count). The van der Waals surface area contributed by atoms with Gasteiger partial charge in [-0.2, -0.15) is 10.1 Å². The maximum atomic E-state index is 5.34. The first-order valence-electron chi connectivity index (χ1n) is 9.12. The minimum atomic E-state index is 0.498. The number of anilines is 2. The van der Waals surface area contributed by atoms with E-state index >= 15 is 0 Å². The van der Waals surface area contributed by atoms with Crippen molar-refractivity contribution in [1.82, 2.24) is 15.2 Å².